The highest BCUT2D eigenvalue weighted by Crippen LogP contribution is 2.32. The quantitative estimate of drug-likeness (QED) is 0.667. The maximum atomic E-state index is 10.9. The lowest BCUT2D eigenvalue weighted by Gasteiger charge is -2.13. The number of halogens is 1. The second-order valence-corrected chi connectivity index (χ2v) is 5.76. The Morgan fingerprint density at radius 3 is 2.72 bits per heavy atom. The van der Waals surface area contributed by atoms with Crippen LogP contribution >= 0.6 is 15.9 Å². The molecule has 0 aliphatic heterocycles. The molecule has 0 spiro atoms. The third-order valence-electron chi connectivity index (χ3n) is 3.54. The Hall–Kier alpha value is -1.10. The number of nitro groups is 1. The van der Waals surface area contributed by atoms with Crippen molar-refractivity contribution in [1.82, 2.24) is 0 Å². The van der Waals surface area contributed by atoms with Gasteiger partial charge in [-0.2, -0.15) is 0 Å². The zero-order chi connectivity index (χ0) is 13.1. The van der Waals surface area contributed by atoms with Crippen LogP contribution in [-0.4, -0.2) is 11.5 Å². The largest absolute Gasteiger partial charge is 0.384 e. The molecule has 1 aliphatic carbocycles. The van der Waals surface area contributed by atoms with Gasteiger partial charge in [-0.25, -0.2) is 0 Å². The van der Waals surface area contributed by atoms with Gasteiger partial charge in [-0.3, -0.25) is 10.1 Å². The molecule has 2 rings (SSSR count). The first-order valence-electron chi connectivity index (χ1n) is 6.26. The van der Waals surface area contributed by atoms with Gasteiger partial charge in [0.1, 0.15) is 0 Å². The van der Waals surface area contributed by atoms with Gasteiger partial charge in [0.05, 0.1) is 10.6 Å². The first-order chi connectivity index (χ1) is 8.58. The van der Waals surface area contributed by atoms with Gasteiger partial charge in [0, 0.05) is 22.6 Å². The minimum Gasteiger partial charge on any atom is -0.384 e. The fraction of sp³-hybridized carbons (Fsp3) is 0.538. The number of hydrogen-bond acceptors (Lipinski definition) is 3. The lowest BCUT2D eigenvalue weighted by atomic mass is 10.1. The van der Waals surface area contributed by atoms with Crippen molar-refractivity contribution in [2.45, 2.75) is 32.6 Å². The monoisotopic (exact) mass is 312 g/mol. The Bertz CT molecular complexity index is 457. The summed E-state index contributed by atoms with van der Waals surface area (Å²) >= 11 is 3.45. The van der Waals surface area contributed by atoms with E-state index in [4.69, 9.17) is 0 Å². The van der Waals surface area contributed by atoms with Gasteiger partial charge < -0.3 is 5.32 Å². The van der Waals surface area contributed by atoms with Crippen LogP contribution in [0.1, 0.15) is 31.2 Å². The molecule has 1 aliphatic rings. The topological polar surface area (TPSA) is 55.2 Å². The molecule has 18 heavy (non-hydrogen) atoms. The number of anilines is 1. The minimum atomic E-state index is -0.331. The third kappa shape index (κ3) is 3.02. The van der Waals surface area contributed by atoms with E-state index < -0.39 is 0 Å². The Balaban J connectivity index is 2.11. The zero-order valence-corrected chi connectivity index (χ0v) is 12.0. The van der Waals surface area contributed by atoms with Crippen LogP contribution in [0, 0.1) is 23.0 Å². The van der Waals surface area contributed by atoms with Gasteiger partial charge in [-0.15, -0.1) is 0 Å². The number of hydrogen-bond donors (Lipinski definition) is 1. The lowest BCUT2D eigenvalue weighted by molar-refractivity contribution is -0.385. The normalized spacial score (nSPS) is 15.9. The molecule has 0 heterocycles. The maximum Gasteiger partial charge on any atom is 0.274 e. The number of nitrogens with one attached hydrogen (secondary N) is 1. The highest BCUT2D eigenvalue weighted by atomic mass is 79.9. The van der Waals surface area contributed by atoms with Crippen LogP contribution in [0.2, 0.25) is 0 Å². The molecule has 0 aromatic heterocycles. The first kappa shape index (κ1) is 13.3. The van der Waals surface area contributed by atoms with Crippen LogP contribution in [0.5, 0.6) is 0 Å². The molecule has 0 bridgehead atoms. The molecule has 1 saturated carbocycles. The Labute approximate surface area is 115 Å². The standard InChI is InChI=1S/C13H17BrN2O2/c1-9-6-11(14)12(7-13(9)16(17)18)15-8-10-4-2-3-5-10/h6-7,10,15H,2-5,8H2,1H3. The van der Waals surface area contributed by atoms with Crippen molar-refractivity contribution in [3.63, 3.8) is 0 Å². The highest BCUT2D eigenvalue weighted by molar-refractivity contribution is 9.10. The van der Waals surface area contributed by atoms with Crippen molar-refractivity contribution in [3.8, 4) is 0 Å². The summed E-state index contributed by atoms with van der Waals surface area (Å²) in [6.07, 6.45) is 5.14. The molecule has 5 heteroatoms. The van der Waals surface area contributed by atoms with E-state index >= 15 is 0 Å². The molecule has 1 aromatic carbocycles. The van der Waals surface area contributed by atoms with Crippen molar-refractivity contribution in [2.75, 3.05) is 11.9 Å². The molecule has 0 amide bonds. The van der Waals surface area contributed by atoms with Crippen molar-refractivity contribution in [1.29, 1.82) is 0 Å². The van der Waals surface area contributed by atoms with Crippen LogP contribution in [0.3, 0.4) is 0 Å². The fourth-order valence-electron chi connectivity index (χ4n) is 2.46. The number of nitro benzene ring substituents is 1. The molecule has 4 nitrogen and oxygen atoms in total. The minimum absolute atomic E-state index is 0.173. The lowest BCUT2D eigenvalue weighted by Crippen LogP contribution is -2.11. The molecular formula is C13H17BrN2O2. The average molecular weight is 313 g/mol. The predicted molar refractivity (Wildman–Crippen MR) is 76.0 cm³/mol. The molecule has 0 unspecified atom stereocenters. The van der Waals surface area contributed by atoms with Gasteiger partial charge in [-0.1, -0.05) is 12.8 Å². The van der Waals surface area contributed by atoms with Crippen molar-refractivity contribution >= 4 is 27.3 Å². The van der Waals surface area contributed by atoms with Crippen LogP contribution < -0.4 is 5.32 Å². The number of rotatable bonds is 4. The van der Waals surface area contributed by atoms with E-state index in [2.05, 4.69) is 21.2 Å². The molecule has 1 fully saturated rings. The molecule has 1 aromatic rings. The van der Waals surface area contributed by atoms with E-state index in [1.54, 1.807) is 19.1 Å². The maximum absolute atomic E-state index is 10.9. The summed E-state index contributed by atoms with van der Waals surface area (Å²) in [4.78, 5) is 10.6. The Morgan fingerprint density at radius 1 is 1.44 bits per heavy atom. The number of benzene rings is 1. The summed E-state index contributed by atoms with van der Waals surface area (Å²) in [6, 6.07) is 3.42. The van der Waals surface area contributed by atoms with Gasteiger partial charge in [0.25, 0.3) is 5.69 Å². The van der Waals surface area contributed by atoms with Gasteiger partial charge >= 0.3 is 0 Å². The van der Waals surface area contributed by atoms with E-state index in [1.807, 2.05) is 0 Å². The highest BCUT2D eigenvalue weighted by Gasteiger charge is 2.17. The van der Waals surface area contributed by atoms with Crippen LogP contribution in [0.15, 0.2) is 16.6 Å². The molecule has 0 atom stereocenters. The summed E-state index contributed by atoms with van der Waals surface area (Å²) in [5.41, 5.74) is 1.67. The van der Waals surface area contributed by atoms with E-state index in [1.165, 1.54) is 25.7 Å². The number of aryl methyl sites for hydroxylation is 1. The zero-order valence-electron chi connectivity index (χ0n) is 10.4. The molecule has 1 N–H and O–H groups in total. The fourth-order valence-corrected chi connectivity index (χ4v) is 3.06. The van der Waals surface area contributed by atoms with Crippen molar-refractivity contribution in [3.05, 3.63) is 32.3 Å². The van der Waals surface area contributed by atoms with Crippen LogP contribution in [0.25, 0.3) is 0 Å². The van der Waals surface area contributed by atoms with E-state index in [-0.39, 0.29) is 10.6 Å². The Kier molecular flexibility index (Phi) is 4.22. The molecule has 0 saturated heterocycles. The summed E-state index contributed by atoms with van der Waals surface area (Å²) in [7, 11) is 0. The second kappa shape index (κ2) is 5.69. The summed E-state index contributed by atoms with van der Waals surface area (Å²) in [6.45, 7) is 2.66. The summed E-state index contributed by atoms with van der Waals surface area (Å²) in [5.74, 6) is 0.706. The second-order valence-electron chi connectivity index (χ2n) is 4.91. The smallest absolute Gasteiger partial charge is 0.274 e. The summed E-state index contributed by atoms with van der Waals surface area (Å²) < 4.78 is 0.892. The molecule has 98 valence electrons. The first-order valence-corrected chi connectivity index (χ1v) is 7.05. The van der Waals surface area contributed by atoms with E-state index in [0.717, 1.165) is 16.7 Å². The average Bonchev–Trinajstić information content (AvgIpc) is 2.80. The third-order valence-corrected chi connectivity index (χ3v) is 4.19. The molecular weight excluding hydrogens is 296 g/mol. The van der Waals surface area contributed by atoms with Crippen LogP contribution in [-0.2, 0) is 0 Å². The van der Waals surface area contributed by atoms with Gasteiger partial charge in [0.2, 0.25) is 0 Å². The molecule has 0 radical (unpaired) electrons. The van der Waals surface area contributed by atoms with Crippen LogP contribution in [0.4, 0.5) is 11.4 Å². The van der Waals surface area contributed by atoms with Crippen molar-refractivity contribution < 1.29 is 4.92 Å². The predicted octanol–water partition coefficient (Wildman–Crippen LogP) is 4.27. The number of nitrogens with zero attached hydrogens (tertiary/aromatic N) is 1. The van der Waals surface area contributed by atoms with E-state index in [0.29, 0.717) is 11.5 Å². The van der Waals surface area contributed by atoms with Crippen molar-refractivity contribution in [2.24, 2.45) is 5.92 Å². The summed E-state index contributed by atoms with van der Waals surface area (Å²) in [5, 5.41) is 14.2. The van der Waals surface area contributed by atoms with Gasteiger partial charge in [-0.05, 0) is 47.7 Å². The van der Waals surface area contributed by atoms with Gasteiger partial charge in [0.15, 0.2) is 0 Å². The van der Waals surface area contributed by atoms with E-state index in [9.17, 15) is 10.1 Å². The Morgan fingerprint density at radius 2 is 2.11 bits per heavy atom. The SMILES string of the molecule is Cc1cc(Br)c(NCC2CCCC2)cc1[N+](=O)[O-].